The largest absolute Gasteiger partial charge is 1.00 e. The predicted molar refractivity (Wildman–Crippen MR) is 74.2 cm³/mol. The Hall–Kier alpha value is -1.02. The molecule has 1 atom stereocenters. The van der Waals surface area contributed by atoms with Crippen molar-refractivity contribution in [2.75, 3.05) is 6.61 Å². The van der Waals surface area contributed by atoms with Crippen LogP contribution >= 0.6 is 0 Å². The van der Waals surface area contributed by atoms with Crippen molar-refractivity contribution in [3.63, 3.8) is 0 Å². The summed E-state index contributed by atoms with van der Waals surface area (Å²) in [6.45, 7) is 3.33. The molecule has 0 aliphatic carbocycles. The number of carbonyl (C=O) groups is 1. The van der Waals surface area contributed by atoms with E-state index in [0.29, 0.717) is 6.42 Å². The normalized spacial score (nSPS) is 19.8. The molecule has 1 aliphatic rings. The van der Waals surface area contributed by atoms with E-state index >= 15 is 0 Å². The first-order chi connectivity index (χ1) is 10.7. The maximum absolute atomic E-state index is 13.6. The second-order valence-corrected chi connectivity index (χ2v) is 5.63. The van der Waals surface area contributed by atoms with Gasteiger partial charge in [0.1, 0.15) is 5.75 Å². The van der Waals surface area contributed by atoms with Gasteiger partial charge in [0, 0.05) is 5.56 Å². The van der Waals surface area contributed by atoms with Crippen molar-refractivity contribution < 1.29 is 62.1 Å². The Kier molecular flexibility index (Phi) is 6.93. The van der Waals surface area contributed by atoms with Gasteiger partial charge in [-0.2, -0.15) is 13.2 Å². The van der Waals surface area contributed by atoms with Crippen LogP contribution < -0.4 is 39.4 Å². The summed E-state index contributed by atoms with van der Waals surface area (Å²) in [5, 5.41) is 11.3. The van der Waals surface area contributed by atoms with E-state index in [-0.39, 0.29) is 53.4 Å². The Morgan fingerprint density at radius 2 is 1.96 bits per heavy atom. The number of alkyl halides is 3. The molecule has 1 unspecified atom stereocenters. The molecule has 4 nitrogen and oxygen atoms in total. The molecule has 0 saturated heterocycles. The number of carboxylic acids is 1. The quantitative estimate of drug-likeness (QED) is 0.673. The summed E-state index contributed by atoms with van der Waals surface area (Å²) in [5.41, 5.74) is -0.869. The van der Waals surface area contributed by atoms with Crippen LogP contribution in [-0.4, -0.2) is 24.5 Å². The monoisotopic (exact) mass is 352 g/mol. The topological polar surface area (TPSA) is 58.6 Å². The SMILES string of the molecule is CC(C)CCOC1(C(F)(F)F)Oc2ccccc2C=C1C(=O)[O-].[Na+]. The van der Waals surface area contributed by atoms with Crippen molar-refractivity contribution in [2.45, 2.75) is 32.2 Å². The third-order valence-corrected chi connectivity index (χ3v) is 3.42. The van der Waals surface area contributed by atoms with Crippen LogP contribution in [0.3, 0.4) is 0 Å². The van der Waals surface area contributed by atoms with Crippen LogP contribution in [0.25, 0.3) is 6.08 Å². The Balaban J connectivity index is 0.00000288. The minimum Gasteiger partial charge on any atom is -0.545 e. The van der Waals surface area contributed by atoms with E-state index in [1.165, 1.54) is 18.2 Å². The molecule has 0 spiro atoms. The third-order valence-electron chi connectivity index (χ3n) is 3.42. The van der Waals surface area contributed by atoms with Gasteiger partial charge in [0.05, 0.1) is 18.1 Å². The van der Waals surface area contributed by atoms with Crippen LogP contribution in [-0.2, 0) is 9.53 Å². The van der Waals surface area contributed by atoms with E-state index in [2.05, 4.69) is 0 Å². The molecule has 0 bridgehead atoms. The zero-order valence-corrected chi connectivity index (χ0v) is 15.6. The molecule has 0 amide bonds. The van der Waals surface area contributed by atoms with Gasteiger partial charge in [-0.25, -0.2) is 0 Å². The van der Waals surface area contributed by atoms with Crippen molar-refractivity contribution >= 4 is 12.0 Å². The minimum absolute atomic E-state index is 0. The van der Waals surface area contributed by atoms with E-state index in [9.17, 15) is 23.1 Å². The smallest absolute Gasteiger partial charge is 0.545 e. The number of carbonyl (C=O) groups excluding carboxylic acids is 1. The van der Waals surface area contributed by atoms with Crippen molar-refractivity contribution in [1.29, 1.82) is 0 Å². The maximum Gasteiger partial charge on any atom is 1.00 e. The first-order valence-corrected chi connectivity index (χ1v) is 7.09. The number of ether oxygens (including phenoxy) is 2. The maximum atomic E-state index is 13.6. The van der Waals surface area contributed by atoms with E-state index in [1.807, 2.05) is 13.8 Å². The first-order valence-electron chi connectivity index (χ1n) is 7.09. The van der Waals surface area contributed by atoms with Crippen LogP contribution in [0.2, 0.25) is 0 Å². The molecule has 1 aromatic rings. The number of fused-ring (bicyclic) bond motifs is 1. The van der Waals surface area contributed by atoms with Crippen LogP contribution in [0.1, 0.15) is 25.8 Å². The first kappa shape index (κ1) is 21.0. The summed E-state index contributed by atoms with van der Waals surface area (Å²) in [7, 11) is 0. The Morgan fingerprint density at radius 1 is 1.33 bits per heavy atom. The van der Waals surface area contributed by atoms with Crippen molar-refractivity contribution in [3.8, 4) is 5.75 Å². The Bertz CT molecular complexity index is 628. The molecule has 126 valence electrons. The summed E-state index contributed by atoms with van der Waals surface area (Å²) in [4.78, 5) is 11.3. The summed E-state index contributed by atoms with van der Waals surface area (Å²) in [6.07, 6.45) is -3.87. The van der Waals surface area contributed by atoms with Gasteiger partial charge in [-0.1, -0.05) is 32.0 Å². The number of rotatable bonds is 5. The van der Waals surface area contributed by atoms with Gasteiger partial charge in [-0.15, -0.1) is 0 Å². The molecule has 1 heterocycles. The van der Waals surface area contributed by atoms with Gasteiger partial charge >= 0.3 is 41.5 Å². The van der Waals surface area contributed by atoms with E-state index in [1.54, 1.807) is 6.07 Å². The second kappa shape index (κ2) is 7.91. The standard InChI is InChI=1S/C16H17F3O4.Na/c1-10(2)7-8-22-15(16(17,18)19)12(14(20)21)9-11-5-3-4-6-13(11)23-15;/h3-6,9-10H,7-8H2,1-2H3,(H,20,21);/q;+1/p-1. The van der Waals surface area contributed by atoms with Gasteiger partial charge in [0.15, 0.2) is 0 Å². The van der Waals surface area contributed by atoms with Gasteiger partial charge in [0.2, 0.25) is 0 Å². The predicted octanol–water partition coefficient (Wildman–Crippen LogP) is -0.462. The molecule has 24 heavy (non-hydrogen) atoms. The van der Waals surface area contributed by atoms with Crippen LogP contribution in [0.15, 0.2) is 29.8 Å². The van der Waals surface area contributed by atoms with E-state index < -0.39 is 23.5 Å². The molecule has 2 rings (SSSR count). The number of hydrogen-bond acceptors (Lipinski definition) is 4. The molecule has 1 aromatic carbocycles. The fourth-order valence-corrected chi connectivity index (χ4v) is 2.18. The Morgan fingerprint density at radius 3 is 2.50 bits per heavy atom. The molecule has 0 radical (unpaired) electrons. The molecular weight excluding hydrogens is 336 g/mol. The Labute approximate surface area is 159 Å². The number of hydrogen-bond donors (Lipinski definition) is 0. The molecule has 0 saturated carbocycles. The zero-order chi connectivity index (χ0) is 17.3. The number of halogens is 3. The van der Waals surface area contributed by atoms with Crippen LogP contribution in [0.5, 0.6) is 5.75 Å². The number of para-hydroxylation sites is 1. The average Bonchev–Trinajstić information content (AvgIpc) is 2.44. The van der Waals surface area contributed by atoms with Gasteiger partial charge in [-0.3, -0.25) is 0 Å². The van der Waals surface area contributed by atoms with Crippen molar-refractivity contribution in [3.05, 3.63) is 35.4 Å². The summed E-state index contributed by atoms with van der Waals surface area (Å²) < 4.78 is 50.9. The number of benzene rings is 1. The van der Waals surface area contributed by atoms with Gasteiger partial charge in [0.25, 0.3) is 0 Å². The molecule has 1 aliphatic heterocycles. The minimum atomic E-state index is -5.08. The second-order valence-electron chi connectivity index (χ2n) is 5.63. The van der Waals surface area contributed by atoms with Crippen molar-refractivity contribution in [1.82, 2.24) is 0 Å². The average molecular weight is 352 g/mol. The third kappa shape index (κ3) is 4.14. The fraction of sp³-hybridized carbons (Fsp3) is 0.438. The van der Waals surface area contributed by atoms with E-state index in [4.69, 9.17) is 9.47 Å². The van der Waals surface area contributed by atoms with Crippen LogP contribution in [0, 0.1) is 5.92 Å². The van der Waals surface area contributed by atoms with Crippen LogP contribution in [0.4, 0.5) is 13.2 Å². The fourth-order valence-electron chi connectivity index (χ4n) is 2.18. The number of carboxylic acid groups (broad SMARTS) is 1. The molecule has 8 heteroatoms. The molecule has 0 N–H and O–H groups in total. The molecule has 0 aromatic heterocycles. The zero-order valence-electron chi connectivity index (χ0n) is 13.6. The molecule has 0 fully saturated rings. The summed E-state index contributed by atoms with van der Waals surface area (Å²) >= 11 is 0. The van der Waals surface area contributed by atoms with Gasteiger partial charge in [-0.05, 0) is 24.5 Å². The number of aliphatic carboxylic acids is 1. The molecular formula is C16H16F3NaO4. The summed E-state index contributed by atoms with van der Waals surface area (Å²) in [6, 6.07) is 5.83. The van der Waals surface area contributed by atoms with E-state index in [0.717, 1.165) is 6.08 Å². The van der Waals surface area contributed by atoms with Crippen molar-refractivity contribution in [2.24, 2.45) is 5.92 Å². The summed E-state index contributed by atoms with van der Waals surface area (Å²) in [5.74, 6) is -5.36. The van der Waals surface area contributed by atoms with Gasteiger partial charge < -0.3 is 19.4 Å².